The fourth-order valence-electron chi connectivity index (χ4n) is 1.50. The molecule has 0 spiro atoms. The van der Waals surface area contributed by atoms with Crippen molar-refractivity contribution in [3.05, 3.63) is 30.3 Å². The number of rotatable bonds is 6. The number of benzene rings is 1. The average molecular weight is 263 g/mol. The third-order valence-electron chi connectivity index (χ3n) is 2.68. The molecule has 19 heavy (non-hydrogen) atoms. The van der Waals surface area contributed by atoms with Gasteiger partial charge in [-0.05, 0) is 31.9 Å². The average Bonchev–Trinajstić information content (AvgIpc) is 3.21. The number of ether oxygens (including phenoxy) is 2. The summed E-state index contributed by atoms with van der Waals surface area (Å²) in [6.45, 7) is 1.34. The molecule has 1 atom stereocenters. The summed E-state index contributed by atoms with van der Waals surface area (Å²) in [6, 6.07) is 9.27. The molecule has 1 aromatic carbocycles. The van der Waals surface area contributed by atoms with E-state index in [1.165, 1.54) is 0 Å². The first-order valence-electron chi connectivity index (χ1n) is 6.33. The molecular weight excluding hydrogens is 246 g/mol. The number of carbonyl (C=O) groups excluding carboxylic acids is 2. The molecule has 1 saturated carbocycles. The molecule has 0 radical (unpaired) electrons. The molecule has 1 aliphatic carbocycles. The van der Waals surface area contributed by atoms with Gasteiger partial charge in [-0.25, -0.2) is 4.79 Å². The van der Waals surface area contributed by atoms with E-state index in [2.05, 4.69) is 5.32 Å². The molecule has 2 rings (SSSR count). The van der Waals surface area contributed by atoms with Crippen LogP contribution in [0.4, 0.5) is 0 Å². The number of esters is 1. The molecule has 102 valence electrons. The Balaban J connectivity index is 1.71. The molecular formula is C14H17NO4. The minimum absolute atomic E-state index is 0.252. The summed E-state index contributed by atoms with van der Waals surface area (Å²) < 4.78 is 10.3. The molecule has 1 aliphatic rings. The van der Waals surface area contributed by atoms with Crippen LogP contribution in [0.2, 0.25) is 0 Å². The summed E-state index contributed by atoms with van der Waals surface area (Å²) in [5.41, 5.74) is 0. The summed E-state index contributed by atoms with van der Waals surface area (Å²) in [6.07, 6.45) is 1.27. The van der Waals surface area contributed by atoms with Crippen LogP contribution in [0.15, 0.2) is 30.3 Å². The number of hydrogen-bond acceptors (Lipinski definition) is 4. The molecule has 0 bridgehead atoms. The Morgan fingerprint density at radius 3 is 2.63 bits per heavy atom. The van der Waals surface area contributed by atoms with Crippen LogP contribution in [0.25, 0.3) is 0 Å². The van der Waals surface area contributed by atoms with E-state index in [1.54, 1.807) is 19.1 Å². The van der Waals surface area contributed by atoms with Gasteiger partial charge in [0.05, 0.1) is 0 Å². The zero-order valence-electron chi connectivity index (χ0n) is 10.8. The van der Waals surface area contributed by atoms with Gasteiger partial charge in [-0.15, -0.1) is 0 Å². The van der Waals surface area contributed by atoms with Crippen molar-refractivity contribution in [2.24, 2.45) is 0 Å². The van der Waals surface area contributed by atoms with Crippen LogP contribution in [-0.4, -0.2) is 30.6 Å². The largest absolute Gasteiger partial charge is 0.479 e. The Morgan fingerprint density at radius 2 is 2.00 bits per heavy atom. The Hall–Kier alpha value is -2.04. The molecule has 0 unspecified atom stereocenters. The zero-order chi connectivity index (χ0) is 13.7. The van der Waals surface area contributed by atoms with Gasteiger partial charge in [0, 0.05) is 6.04 Å². The molecule has 1 fully saturated rings. The third kappa shape index (κ3) is 4.62. The first-order valence-corrected chi connectivity index (χ1v) is 6.33. The summed E-state index contributed by atoms with van der Waals surface area (Å²) in [4.78, 5) is 23.0. The summed E-state index contributed by atoms with van der Waals surface area (Å²) in [5.74, 6) is -0.216. The van der Waals surface area contributed by atoms with E-state index < -0.39 is 12.1 Å². The van der Waals surface area contributed by atoms with E-state index >= 15 is 0 Å². The summed E-state index contributed by atoms with van der Waals surface area (Å²) >= 11 is 0. The van der Waals surface area contributed by atoms with Crippen molar-refractivity contribution in [1.29, 1.82) is 0 Å². The van der Waals surface area contributed by atoms with Crippen LogP contribution < -0.4 is 10.1 Å². The fraction of sp³-hybridized carbons (Fsp3) is 0.429. The van der Waals surface area contributed by atoms with E-state index in [0.717, 1.165) is 12.8 Å². The SMILES string of the molecule is C[C@@H](Oc1ccccc1)C(=O)OCC(=O)NC1CC1. The third-order valence-corrected chi connectivity index (χ3v) is 2.68. The number of hydrogen-bond donors (Lipinski definition) is 1. The lowest BCUT2D eigenvalue weighted by molar-refractivity contribution is -0.154. The quantitative estimate of drug-likeness (QED) is 0.785. The van der Waals surface area contributed by atoms with Gasteiger partial charge in [-0.3, -0.25) is 4.79 Å². The van der Waals surface area contributed by atoms with Crippen LogP contribution in [0.1, 0.15) is 19.8 Å². The van der Waals surface area contributed by atoms with Crippen molar-refractivity contribution in [2.45, 2.75) is 31.9 Å². The zero-order valence-corrected chi connectivity index (χ0v) is 10.8. The van der Waals surface area contributed by atoms with Crippen LogP contribution in [0, 0.1) is 0 Å². The van der Waals surface area contributed by atoms with Gasteiger partial charge in [0.25, 0.3) is 5.91 Å². The predicted octanol–water partition coefficient (Wildman–Crippen LogP) is 1.28. The highest BCUT2D eigenvalue weighted by Gasteiger charge is 2.24. The second kappa shape index (κ2) is 6.22. The van der Waals surface area contributed by atoms with Crippen LogP contribution in [0.5, 0.6) is 5.75 Å². The monoisotopic (exact) mass is 263 g/mol. The highest BCUT2D eigenvalue weighted by atomic mass is 16.6. The lowest BCUT2D eigenvalue weighted by atomic mass is 10.3. The minimum atomic E-state index is -0.740. The summed E-state index contributed by atoms with van der Waals surface area (Å²) in [5, 5.41) is 2.74. The van der Waals surface area contributed by atoms with Crippen molar-refractivity contribution in [1.82, 2.24) is 5.32 Å². The van der Waals surface area contributed by atoms with Gasteiger partial charge in [-0.2, -0.15) is 0 Å². The molecule has 1 amide bonds. The second-order valence-electron chi connectivity index (χ2n) is 4.52. The van der Waals surface area contributed by atoms with E-state index in [4.69, 9.17) is 9.47 Å². The van der Waals surface area contributed by atoms with E-state index in [-0.39, 0.29) is 18.6 Å². The van der Waals surface area contributed by atoms with Crippen molar-refractivity contribution >= 4 is 11.9 Å². The number of para-hydroxylation sites is 1. The van der Waals surface area contributed by atoms with Gasteiger partial charge in [0.1, 0.15) is 5.75 Å². The molecule has 5 heteroatoms. The van der Waals surface area contributed by atoms with E-state index in [9.17, 15) is 9.59 Å². The van der Waals surface area contributed by atoms with Crippen LogP contribution in [0.3, 0.4) is 0 Å². The lowest BCUT2D eigenvalue weighted by Crippen LogP contribution is -2.33. The molecule has 5 nitrogen and oxygen atoms in total. The summed E-state index contributed by atoms with van der Waals surface area (Å²) in [7, 11) is 0. The normalized spacial score (nSPS) is 15.4. The molecule has 0 heterocycles. The first-order chi connectivity index (χ1) is 9.15. The molecule has 0 saturated heterocycles. The van der Waals surface area contributed by atoms with Gasteiger partial charge in [-0.1, -0.05) is 18.2 Å². The van der Waals surface area contributed by atoms with Crippen molar-refractivity contribution < 1.29 is 19.1 Å². The molecule has 1 aromatic rings. The predicted molar refractivity (Wildman–Crippen MR) is 68.7 cm³/mol. The smallest absolute Gasteiger partial charge is 0.347 e. The Kier molecular flexibility index (Phi) is 4.39. The fourth-order valence-corrected chi connectivity index (χ4v) is 1.50. The van der Waals surface area contributed by atoms with Gasteiger partial charge >= 0.3 is 5.97 Å². The van der Waals surface area contributed by atoms with Gasteiger partial charge in [0.15, 0.2) is 12.7 Å². The van der Waals surface area contributed by atoms with Crippen molar-refractivity contribution in [3.63, 3.8) is 0 Å². The van der Waals surface area contributed by atoms with Crippen LogP contribution >= 0.6 is 0 Å². The van der Waals surface area contributed by atoms with Crippen molar-refractivity contribution in [3.8, 4) is 5.75 Å². The standard InChI is InChI=1S/C14H17NO4/c1-10(19-12-5-3-2-4-6-12)14(17)18-9-13(16)15-11-7-8-11/h2-6,10-11H,7-9H2,1H3,(H,15,16)/t10-/m1/s1. The molecule has 1 N–H and O–H groups in total. The maximum atomic E-state index is 11.6. The minimum Gasteiger partial charge on any atom is -0.479 e. The number of amides is 1. The Morgan fingerprint density at radius 1 is 1.32 bits per heavy atom. The van der Waals surface area contributed by atoms with E-state index in [0.29, 0.717) is 5.75 Å². The molecule has 0 aliphatic heterocycles. The van der Waals surface area contributed by atoms with Crippen LogP contribution in [-0.2, 0) is 14.3 Å². The number of carbonyl (C=O) groups is 2. The van der Waals surface area contributed by atoms with Gasteiger partial charge in [0.2, 0.25) is 0 Å². The van der Waals surface area contributed by atoms with Crippen molar-refractivity contribution in [2.75, 3.05) is 6.61 Å². The lowest BCUT2D eigenvalue weighted by Gasteiger charge is -2.13. The maximum Gasteiger partial charge on any atom is 0.347 e. The maximum absolute atomic E-state index is 11.6. The van der Waals surface area contributed by atoms with Gasteiger partial charge < -0.3 is 14.8 Å². The Bertz CT molecular complexity index is 442. The number of nitrogens with one attached hydrogen (secondary N) is 1. The molecule has 0 aromatic heterocycles. The first kappa shape index (κ1) is 13.4. The van der Waals surface area contributed by atoms with E-state index in [1.807, 2.05) is 18.2 Å². The highest BCUT2D eigenvalue weighted by molar-refractivity contribution is 5.82. The topological polar surface area (TPSA) is 64.6 Å². The second-order valence-corrected chi connectivity index (χ2v) is 4.52. The Labute approximate surface area is 111 Å². The highest BCUT2D eigenvalue weighted by Crippen LogP contribution is 2.18.